The molecule has 0 radical (unpaired) electrons. The molecule has 3 N–H and O–H groups in total. The van der Waals surface area contributed by atoms with Crippen LogP contribution in [0.2, 0.25) is 0 Å². The molecule has 0 aromatic carbocycles. The third kappa shape index (κ3) is 3.21. The summed E-state index contributed by atoms with van der Waals surface area (Å²) in [4.78, 5) is 11.7. The van der Waals surface area contributed by atoms with Gasteiger partial charge < -0.3 is 10.6 Å². The van der Waals surface area contributed by atoms with Gasteiger partial charge in [0, 0.05) is 18.3 Å². The van der Waals surface area contributed by atoms with Crippen LogP contribution in [0.3, 0.4) is 0 Å². The van der Waals surface area contributed by atoms with E-state index in [1.807, 2.05) is 6.92 Å². The van der Waals surface area contributed by atoms with Gasteiger partial charge in [-0.2, -0.15) is 5.10 Å². The number of hydrogen-bond donors (Lipinski definition) is 3. The Hall–Kier alpha value is -1.07. The zero-order valence-electron chi connectivity index (χ0n) is 9.25. The zero-order valence-corrected chi connectivity index (χ0v) is 10.1. The van der Waals surface area contributed by atoms with Crippen LogP contribution >= 0.6 is 12.4 Å². The van der Waals surface area contributed by atoms with Crippen molar-refractivity contribution in [2.75, 3.05) is 13.1 Å². The molecule has 0 bridgehead atoms. The van der Waals surface area contributed by atoms with Crippen LogP contribution in [0.1, 0.15) is 29.0 Å². The number of hydrogen-bond acceptors (Lipinski definition) is 3. The van der Waals surface area contributed by atoms with E-state index in [1.54, 1.807) is 6.07 Å². The molecule has 2 heterocycles. The Morgan fingerprint density at radius 3 is 3.00 bits per heavy atom. The largest absolute Gasteiger partial charge is 0.347 e. The van der Waals surface area contributed by atoms with E-state index in [0.29, 0.717) is 5.69 Å². The van der Waals surface area contributed by atoms with E-state index < -0.39 is 0 Å². The van der Waals surface area contributed by atoms with E-state index in [2.05, 4.69) is 20.8 Å². The molecule has 0 spiro atoms. The lowest BCUT2D eigenvalue weighted by atomic mass is 10.1. The van der Waals surface area contributed by atoms with E-state index in [1.165, 1.54) is 0 Å². The number of nitrogens with one attached hydrogen (secondary N) is 3. The van der Waals surface area contributed by atoms with Crippen molar-refractivity contribution in [3.63, 3.8) is 0 Å². The van der Waals surface area contributed by atoms with Crippen molar-refractivity contribution in [3.8, 4) is 0 Å². The van der Waals surface area contributed by atoms with Crippen molar-refractivity contribution in [1.29, 1.82) is 0 Å². The number of carbonyl (C=O) groups excluding carboxylic acids is 1. The Morgan fingerprint density at radius 2 is 2.44 bits per heavy atom. The Bertz CT molecular complexity index is 346. The SMILES string of the molecule is Cc1cc(C(=O)N[C@H]2CCCNC2)n[nH]1.Cl. The van der Waals surface area contributed by atoms with Gasteiger partial charge in [-0.15, -0.1) is 12.4 Å². The first-order valence-electron chi connectivity index (χ1n) is 5.29. The van der Waals surface area contributed by atoms with Crippen LogP contribution in [0.5, 0.6) is 0 Å². The van der Waals surface area contributed by atoms with Crippen LogP contribution in [-0.4, -0.2) is 35.2 Å². The summed E-state index contributed by atoms with van der Waals surface area (Å²) in [5, 5.41) is 12.9. The van der Waals surface area contributed by atoms with Gasteiger partial charge in [-0.05, 0) is 32.4 Å². The Labute approximate surface area is 101 Å². The van der Waals surface area contributed by atoms with Crippen molar-refractivity contribution in [2.45, 2.75) is 25.8 Å². The van der Waals surface area contributed by atoms with Crippen LogP contribution in [0.15, 0.2) is 6.07 Å². The molecule has 1 aromatic heterocycles. The Kier molecular flexibility index (Phi) is 4.76. The standard InChI is InChI=1S/C10H16N4O.ClH/c1-7-5-9(14-13-7)10(15)12-8-3-2-4-11-6-8;/h5,8,11H,2-4,6H2,1H3,(H,12,15)(H,13,14);1H/t8-;/m0./s1. The molecular formula is C10H17ClN4O. The predicted octanol–water partition coefficient (Wildman–Crippen LogP) is 0.622. The van der Waals surface area contributed by atoms with Gasteiger partial charge in [0.15, 0.2) is 0 Å². The minimum absolute atomic E-state index is 0. The van der Waals surface area contributed by atoms with Crippen LogP contribution in [0.4, 0.5) is 0 Å². The van der Waals surface area contributed by atoms with Gasteiger partial charge in [0.2, 0.25) is 0 Å². The molecule has 1 aromatic rings. The molecule has 1 aliphatic rings. The highest BCUT2D eigenvalue weighted by molar-refractivity contribution is 5.92. The summed E-state index contributed by atoms with van der Waals surface area (Å²) in [5.41, 5.74) is 1.37. The smallest absolute Gasteiger partial charge is 0.272 e. The summed E-state index contributed by atoms with van der Waals surface area (Å²) in [7, 11) is 0. The third-order valence-corrected chi connectivity index (χ3v) is 2.57. The fraction of sp³-hybridized carbons (Fsp3) is 0.600. The summed E-state index contributed by atoms with van der Waals surface area (Å²) >= 11 is 0. The van der Waals surface area contributed by atoms with Crippen LogP contribution in [0.25, 0.3) is 0 Å². The maximum Gasteiger partial charge on any atom is 0.272 e. The highest BCUT2D eigenvalue weighted by Gasteiger charge is 2.17. The number of piperidine rings is 1. The van der Waals surface area contributed by atoms with Gasteiger partial charge in [0.05, 0.1) is 0 Å². The number of nitrogens with zero attached hydrogens (tertiary/aromatic N) is 1. The molecule has 1 saturated heterocycles. The third-order valence-electron chi connectivity index (χ3n) is 2.57. The average molecular weight is 245 g/mol. The lowest BCUT2D eigenvalue weighted by Gasteiger charge is -2.23. The van der Waals surface area contributed by atoms with E-state index in [9.17, 15) is 4.79 Å². The van der Waals surface area contributed by atoms with Crippen molar-refractivity contribution in [2.24, 2.45) is 0 Å². The van der Waals surface area contributed by atoms with Gasteiger partial charge >= 0.3 is 0 Å². The fourth-order valence-corrected chi connectivity index (χ4v) is 1.77. The molecule has 1 aliphatic heterocycles. The van der Waals surface area contributed by atoms with E-state index in [-0.39, 0.29) is 24.4 Å². The normalized spacial score (nSPS) is 19.9. The van der Waals surface area contributed by atoms with E-state index in [4.69, 9.17) is 0 Å². The van der Waals surface area contributed by atoms with Crippen molar-refractivity contribution < 1.29 is 4.79 Å². The van der Waals surface area contributed by atoms with E-state index in [0.717, 1.165) is 31.6 Å². The molecule has 90 valence electrons. The first kappa shape index (κ1) is 13.0. The summed E-state index contributed by atoms with van der Waals surface area (Å²) in [5.74, 6) is -0.0898. The number of carbonyl (C=O) groups is 1. The minimum atomic E-state index is -0.0898. The molecule has 1 amide bonds. The summed E-state index contributed by atoms with van der Waals surface area (Å²) in [6.07, 6.45) is 2.16. The number of aryl methyl sites for hydroxylation is 1. The second-order valence-electron chi connectivity index (χ2n) is 3.95. The van der Waals surface area contributed by atoms with Gasteiger partial charge in [-0.25, -0.2) is 0 Å². The molecule has 2 rings (SSSR count). The quantitative estimate of drug-likeness (QED) is 0.715. The summed E-state index contributed by atoms with van der Waals surface area (Å²) < 4.78 is 0. The number of H-pyrrole nitrogens is 1. The zero-order chi connectivity index (χ0) is 10.7. The number of amides is 1. The maximum atomic E-state index is 11.7. The first-order chi connectivity index (χ1) is 7.25. The molecule has 1 fully saturated rings. The van der Waals surface area contributed by atoms with E-state index >= 15 is 0 Å². The average Bonchev–Trinajstić information content (AvgIpc) is 2.66. The molecule has 6 heteroatoms. The lowest BCUT2D eigenvalue weighted by Crippen LogP contribution is -2.45. The Balaban J connectivity index is 0.00000128. The van der Waals surface area contributed by atoms with Crippen LogP contribution in [-0.2, 0) is 0 Å². The van der Waals surface area contributed by atoms with Crippen molar-refractivity contribution in [3.05, 3.63) is 17.5 Å². The first-order valence-corrected chi connectivity index (χ1v) is 5.29. The minimum Gasteiger partial charge on any atom is -0.347 e. The number of aromatic nitrogens is 2. The molecule has 0 unspecified atom stereocenters. The molecule has 16 heavy (non-hydrogen) atoms. The second-order valence-corrected chi connectivity index (χ2v) is 3.95. The van der Waals surface area contributed by atoms with Crippen molar-refractivity contribution in [1.82, 2.24) is 20.8 Å². The predicted molar refractivity (Wildman–Crippen MR) is 63.9 cm³/mol. The number of halogens is 1. The summed E-state index contributed by atoms with van der Waals surface area (Å²) in [6.45, 7) is 3.79. The molecule has 5 nitrogen and oxygen atoms in total. The van der Waals surface area contributed by atoms with Gasteiger partial charge in [0.1, 0.15) is 5.69 Å². The summed E-state index contributed by atoms with van der Waals surface area (Å²) in [6, 6.07) is 1.99. The number of rotatable bonds is 2. The highest BCUT2D eigenvalue weighted by atomic mass is 35.5. The lowest BCUT2D eigenvalue weighted by molar-refractivity contribution is 0.0925. The van der Waals surface area contributed by atoms with Gasteiger partial charge in [-0.3, -0.25) is 9.89 Å². The van der Waals surface area contributed by atoms with Gasteiger partial charge in [-0.1, -0.05) is 0 Å². The Morgan fingerprint density at radius 1 is 1.62 bits per heavy atom. The fourth-order valence-electron chi connectivity index (χ4n) is 1.77. The highest BCUT2D eigenvalue weighted by Crippen LogP contribution is 2.03. The molecule has 0 saturated carbocycles. The second kappa shape index (κ2) is 5.86. The topological polar surface area (TPSA) is 69.8 Å². The maximum absolute atomic E-state index is 11.7. The molecular weight excluding hydrogens is 228 g/mol. The van der Waals surface area contributed by atoms with Crippen LogP contribution < -0.4 is 10.6 Å². The number of aromatic amines is 1. The molecule has 0 aliphatic carbocycles. The monoisotopic (exact) mass is 244 g/mol. The van der Waals surface area contributed by atoms with Crippen LogP contribution in [0, 0.1) is 6.92 Å². The molecule has 1 atom stereocenters. The van der Waals surface area contributed by atoms with Gasteiger partial charge in [0.25, 0.3) is 5.91 Å². The van der Waals surface area contributed by atoms with Crippen molar-refractivity contribution >= 4 is 18.3 Å².